The second kappa shape index (κ2) is 37.8. The fourth-order valence-electron chi connectivity index (χ4n) is 13.6. The summed E-state index contributed by atoms with van der Waals surface area (Å²) < 4.78 is 302. The van der Waals surface area contributed by atoms with Crippen LogP contribution in [-0.4, -0.2) is 117 Å². The molecule has 0 unspecified atom stereocenters. The molecule has 0 spiro atoms. The monoisotopic (exact) mass is 1750 g/mol. The van der Waals surface area contributed by atoms with Crippen LogP contribution in [0.4, 0.5) is 92.2 Å². The maximum atomic E-state index is 14.2. The number of alkyl halides is 11. The van der Waals surface area contributed by atoms with Gasteiger partial charge in [-0.1, -0.05) is 0 Å². The molecule has 5 amide bonds. The highest BCUT2D eigenvalue weighted by Gasteiger charge is 2.40. The van der Waals surface area contributed by atoms with E-state index in [1.54, 1.807) is 0 Å². The van der Waals surface area contributed by atoms with Gasteiger partial charge in [-0.25, -0.2) is 90.8 Å². The Labute approximate surface area is 680 Å². The standard InChI is InChI=1S/2C17H13F5N2O2.2C16H12F4N2O2.C16H13F3N2O2/c2*18-8-1-3-10(13(19)5-8)12-6-14(15(23)25)24-16-11(12)4-2-9(26-16)7-17(20,21)22;2*17-7-1-2-8(11(18)5-7)10-6-12(15(21)23)22-16-9(10)3-4-13(24-16)14(19)20;17-7-9-2-4-11-12(10-3-1-8(18)5-13(10)19)6-14(15(20)22)21-16(11)23-9/h2*1,3,5-6,9H,2,4,7H2,(H2,23,25);2*1-2,5-6,13-14H,3-4H2,(H2,21,23);1,3,5-6,9H,2,4,7H2,(H2,20,22)/t2*9-;2*13-;9-/m10101/s1. The Morgan fingerprint density at radius 3 is 0.707 bits per heavy atom. The summed E-state index contributed by atoms with van der Waals surface area (Å²) in [6.07, 6.45) is -20.8. The van der Waals surface area contributed by atoms with Crippen molar-refractivity contribution in [3.8, 4) is 85.0 Å². The smallest absolute Gasteiger partial charge is 0.392 e. The van der Waals surface area contributed by atoms with Crippen LogP contribution >= 0.6 is 0 Å². The topological polar surface area (TPSA) is 326 Å². The predicted molar refractivity (Wildman–Crippen MR) is 394 cm³/mol. The summed E-state index contributed by atoms with van der Waals surface area (Å²) in [6.45, 7) is -0.692. The molecule has 5 aromatic heterocycles. The van der Waals surface area contributed by atoms with Crippen LogP contribution in [0.1, 0.15) is 125 Å². The first-order valence-electron chi connectivity index (χ1n) is 36.5. The molecule has 0 fully saturated rings. The molecule has 20 nitrogen and oxygen atoms in total. The van der Waals surface area contributed by atoms with Gasteiger partial charge in [0.15, 0.2) is 12.2 Å². The Kier molecular flexibility index (Phi) is 27.8. The molecule has 0 aliphatic carbocycles. The number of amides is 5. The number of ether oxygens (including phenoxy) is 5. The molecule has 5 aliphatic rings. The van der Waals surface area contributed by atoms with Crippen LogP contribution in [0.25, 0.3) is 55.6 Å². The quantitative estimate of drug-likeness (QED) is 0.0596. The fraction of sp³-hybridized carbons (Fsp3) is 0.268. The number of nitrogens with zero attached hydrogens (tertiary/aromatic N) is 5. The van der Waals surface area contributed by atoms with E-state index in [1.165, 1.54) is 60.7 Å². The Bertz CT molecular complexity index is 5450. The molecular formula is C82H63F21N10O10. The third-order valence-corrected chi connectivity index (χ3v) is 19.3. The predicted octanol–water partition coefficient (Wildman–Crippen LogP) is 16.5. The van der Waals surface area contributed by atoms with Crippen LogP contribution < -0.4 is 52.4 Å². The van der Waals surface area contributed by atoms with Crippen molar-refractivity contribution < 1.29 is 140 Å². The van der Waals surface area contributed by atoms with E-state index in [0.29, 0.717) is 70.5 Å². The summed E-state index contributed by atoms with van der Waals surface area (Å²) >= 11 is 0. The molecule has 15 rings (SSSR count). The SMILES string of the molecule is NC(=O)c1cc(-c2ccc(F)cc2F)c2c(n1)O[C@@H](C(F)F)CC2.NC(=O)c1cc(-c2ccc(F)cc2F)c2c(n1)O[C@@H](CC(F)(F)F)CC2.NC(=O)c1cc(-c2ccc(F)cc2F)c2c(n1)O[C@@H](CF)CC2.NC(=O)c1cc(-c2ccc(F)cc2F)c2c(n1)O[C@H](C(F)F)CC2.NC(=O)c1cc(-c2ccc(F)cc2F)c2c(n1)O[C@H](CC(F)(F)F)CC2. The molecule has 0 saturated heterocycles. The first-order valence-corrected chi connectivity index (χ1v) is 36.5. The summed E-state index contributed by atoms with van der Waals surface area (Å²) in [6, 6.07) is 21.1. The van der Waals surface area contributed by atoms with Gasteiger partial charge in [0, 0.05) is 86.0 Å². The van der Waals surface area contributed by atoms with Crippen molar-refractivity contribution in [3.63, 3.8) is 0 Å². The molecule has 5 aliphatic heterocycles. The molecular weight excluding hydrogens is 1680 g/mol. The maximum absolute atomic E-state index is 14.2. The molecule has 10 N–H and O–H groups in total. The minimum absolute atomic E-state index is 0.0108. The number of halogens is 21. The third kappa shape index (κ3) is 22.1. The number of benzene rings is 5. The summed E-state index contributed by atoms with van der Waals surface area (Å²) in [4.78, 5) is 76.7. The van der Waals surface area contributed by atoms with Gasteiger partial charge in [0.2, 0.25) is 29.4 Å². The van der Waals surface area contributed by atoms with Crippen molar-refractivity contribution in [1.29, 1.82) is 0 Å². The highest BCUT2D eigenvalue weighted by atomic mass is 19.4. The van der Waals surface area contributed by atoms with Crippen molar-refractivity contribution in [2.75, 3.05) is 6.67 Å². The van der Waals surface area contributed by atoms with Crippen LogP contribution in [0.2, 0.25) is 0 Å². The van der Waals surface area contributed by atoms with Crippen LogP contribution in [-0.2, 0) is 32.1 Å². The van der Waals surface area contributed by atoms with E-state index in [4.69, 9.17) is 52.4 Å². The lowest BCUT2D eigenvalue weighted by Gasteiger charge is -2.28. The zero-order valence-electron chi connectivity index (χ0n) is 62.9. The summed E-state index contributed by atoms with van der Waals surface area (Å²) in [5.41, 5.74) is 28.1. The average Bonchev–Trinajstić information content (AvgIpc) is 0.792. The van der Waals surface area contributed by atoms with E-state index in [2.05, 4.69) is 24.9 Å². The molecule has 10 heterocycles. The number of fused-ring (bicyclic) bond motifs is 5. The number of carbonyl (C=O) groups excluding carboxylic acids is 5. The van der Waals surface area contributed by atoms with Crippen molar-refractivity contribution in [3.05, 3.63) is 236 Å². The molecule has 5 atom stereocenters. The third-order valence-electron chi connectivity index (χ3n) is 19.3. The first kappa shape index (κ1) is 90.5. The van der Waals surface area contributed by atoms with Crippen LogP contribution in [0, 0.1) is 58.2 Å². The van der Waals surface area contributed by atoms with E-state index in [9.17, 15) is 116 Å². The molecule has 5 aromatic carbocycles. The van der Waals surface area contributed by atoms with Crippen molar-refractivity contribution >= 4 is 29.5 Å². The minimum Gasteiger partial charge on any atom is -0.474 e. The van der Waals surface area contributed by atoms with Gasteiger partial charge in [-0.15, -0.1) is 0 Å². The van der Waals surface area contributed by atoms with E-state index < -0.39 is 163 Å². The largest absolute Gasteiger partial charge is 0.474 e. The van der Waals surface area contributed by atoms with Crippen molar-refractivity contribution in [2.24, 2.45) is 28.7 Å². The lowest BCUT2D eigenvalue weighted by atomic mass is 9.93. The number of aromatic nitrogens is 5. The summed E-state index contributed by atoms with van der Waals surface area (Å²) in [7, 11) is 0. The van der Waals surface area contributed by atoms with E-state index >= 15 is 0 Å². The molecule has 10 aromatic rings. The molecule has 0 saturated carbocycles. The van der Waals surface area contributed by atoms with Crippen LogP contribution in [0.5, 0.6) is 29.4 Å². The van der Waals surface area contributed by atoms with Gasteiger partial charge in [-0.05, 0) is 183 Å². The van der Waals surface area contributed by atoms with Gasteiger partial charge in [-0.3, -0.25) is 24.0 Å². The zero-order valence-corrected chi connectivity index (χ0v) is 62.9. The minimum atomic E-state index is -4.42. The maximum Gasteiger partial charge on any atom is 0.392 e. The number of hydrogen-bond donors (Lipinski definition) is 5. The van der Waals surface area contributed by atoms with Gasteiger partial charge in [-0.2, -0.15) is 26.3 Å². The normalized spacial score (nSPS) is 16.7. The molecule has 0 bridgehead atoms. The lowest BCUT2D eigenvalue weighted by Crippen LogP contribution is -2.31. The molecule has 123 heavy (non-hydrogen) atoms. The molecule has 0 radical (unpaired) electrons. The number of hydrogen-bond acceptors (Lipinski definition) is 15. The molecule has 648 valence electrons. The number of primary amides is 5. The van der Waals surface area contributed by atoms with Gasteiger partial charge in [0.05, 0.1) is 12.8 Å². The zero-order chi connectivity index (χ0) is 89.5. The van der Waals surface area contributed by atoms with E-state index in [-0.39, 0.29) is 159 Å². The van der Waals surface area contributed by atoms with Crippen LogP contribution in [0.15, 0.2) is 121 Å². The molecule has 41 heteroatoms. The number of pyridine rings is 5. The van der Waals surface area contributed by atoms with Crippen LogP contribution in [0.3, 0.4) is 0 Å². The van der Waals surface area contributed by atoms with Crippen molar-refractivity contribution in [1.82, 2.24) is 24.9 Å². The Hall–Kier alpha value is -13.3. The Morgan fingerprint density at radius 2 is 0.512 bits per heavy atom. The lowest BCUT2D eigenvalue weighted by molar-refractivity contribution is -0.153. The summed E-state index contributed by atoms with van der Waals surface area (Å²) in [5, 5.41) is 0. The Morgan fingerprint density at radius 1 is 0.309 bits per heavy atom. The average molecular weight is 1750 g/mol. The fourth-order valence-corrected chi connectivity index (χ4v) is 13.6. The van der Waals surface area contributed by atoms with Crippen molar-refractivity contribution in [2.45, 2.75) is 133 Å². The van der Waals surface area contributed by atoms with Gasteiger partial charge >= 0.3 is 12.4 Å². The Balaban J connectivity index is 0.000000150. The van der Waals surface area contributed by atoms with Gasteiger partial charge in [0.25, 0.3) is 42.4 Å². The number of rotatable bonds is 15. The second-order valence-corrected chi connectivity index (χ2v) is 27.8. The van der Waals surface area contributed by atoms with E-state index in [1.807, 2.05) is 0 Å². The highest BCUT2D eigenvalue weighted by molar-refractivity contribution is 5.96. The summed E-state index contributed by atoms with van der Waals surface area (Å²) in [5.74, 6) is -13.3. The first-order chi connectivity index (χ1) is 58.0. The van der Waals surface area contributed by atoms with E-state index in [0.717, 1.165) is 36.4 Å². The van der Waals surface area contributed by atoms with Gasteiger partial charge in [0.1, 0.15) is 112 Å². The number of carbonyl (C=O) groups is 5. The van der Waals surface area contributed by atoms with Gasteiger partial charge < -0.3 is 52.4 Å². The highest BCUT2D eigenvalue weighted by Crippen LogP contribution is 2.45. The number of nitrogens with two attached hydrogens (primary N) is 5. The second-order valence-electron chi connectivity index (χ2n) is 27.8.